The highest BCUT2D eigenvalue weighted by atomic mass is 79.9. The minimum atomic E-state index is -0.536. The third-order valence-corrected chi connectivity index (χ3v) is 4.50. The summed E-state index contributed by atoms with van der Waals surface area (Å²) in [6, 6.07) is 14.1. The Morgan fingerprint density at radius 2 is 2.00 bits per heavy atom. The zero-order valence-electron chi connectivity index (χ0n) is 14.1. The highest BCUT2D eigenvalue weighted by Crippen LogP contribution is 2.34. The van der Waals surface area contributed by atoms with Crippen molar-refractivity contribution < 1.29 is 14.3 Å². The van der Waals surface area contributed by atoms with E-state index >= 15 is 0 Å². The van der Waals surface area contributed by atoms with Crippen molar-refractivity contribution in [2.45, 2.75) is 0 Å². The van der Waals surface area contributed by atoms with Crippen LogP contribution in [0.4, 0.5) is 5.69 Å². The molecule has 2 rings (SSSR count). The Morgan fingerprint density at radius 3 is 2.63 bits per heavy atom. The van der Waals surface area contributed by atoms with Gasteiger partial charge in [0.1, 0.15) is 17.7 Å². The fourth-order valence-electron chi connectivity index (χ4n) is 2.11. The lowest BCUT2D eigenvalue weighted by molar-refractivity contribution is -0.112. The molecule has 1 amide bonds. The van der Waals surface area contributed by atoms with E-state index in [9.17, 15) is 10.1 Å². The molecule has 0 bridgehead atoms. The number of methoxy groups -OCH3 is 1. The van der Waals surface area contributed by atoms with Gasteiger partial charge in [0, 0.05) is 14.6 Å². The molecule has 8 heteroatoms. The average molecular weight is 491 g/mol. The van der Waals surface area contributed by atoms with Gasteiger partial charge in [0.15, 0.2) is 18.1 Å². The first-order valence-corrected chi connectivity index (χ1v) is 9.13. The Labute approximate surface area is 173 Å². The number of nitrogens with one attached hydrogen (secondary N) is 1. The molecule has 0 radical (unpaired) electrons. The van der Waals surface area contributed by atoms with Gasteiger partial charge in [-0.05, 0) is 42.0 Å². The number of halogens is 2. The molecule has 0 aliphatic carbocycles. The van der Waals surface area contributed by atoms with Crippen molar-refractivity contribution >= 4 is 49.5 Å². The lowest BCUT2D eigenvalue weighted by Crippen LogP contribution is -2.13. The fourth-order valence-corrected chi connectivity index (χ4v) is 2.95. The van der Waals surface area contributed by atoms with Gasteiger partial charge in [-0.15, -0.1) is 0 Å². The van der Waals surface area contributed by atoms with Gasteiger partial charge in [0.25, 0.3) is 5.91 Å². The molecule has 0 spiro atoms. The lowest BCUT2D eigenvalue weighted by Gasteiger charge is -2.11. The number of nitriles is 2. The normalized spacial score (nSPS) is 10.5. The summed E-state index contributed by atoms with van der Waals surface area (Å²) in [5.74, 6) is 0.218. The molecular formula is C19H13Br2N3O3. The topological polar surface area (TPSA) is 95.1 Å². The van der Waals surface area contributed by atoms with Crippen molar-refractivity contribution in [2.24, 2.45) is 0 Å². The van der Waals surface area contributed by atoms with Crippen LogP contribution in [-0.2, 0) is 4.79 Å². The van der Waals surface area contributed by atoms with Crippen LogP contribution in [0.1, 0.15) is 5.56 Å². The molecule has 27 heavy (non-hydrogen) atoms. The third kappa shape index (κ3) is 5.58. The van der Waals surface area contributed by atoms with Crippen molar-refractivity contribution in [1.82, 2.24) is 0 Å². The van der Waals surface area contributed by atoms with E-state index in [0.29, 0.717) is 27.2 Å². The maximum atomic E-state index is 12.4. The Morgan fingerprint density at radius 1 is 1.22 bits per heavy atom. The van der Waals surface area contributed by atoms with E-state index in [-0.39, 0.29) is 12.2 Å². The first-order valence-electron chi connectivity index (χ1n) is 7.54. The molecule has 6 nitrogen and oxygen atoms in total. The van der Waals surface area contributed by atoms with Crippen molar-refractivity contribution in [3.63, 3.8) is 0 Å². The number of carbonyl (C=O) groups is 1. The van der Waals surface area contributed by atoms with E-state index in [4.69, 9.17) is 14.7 Å². The van der Waals surface area contributed by atoms with Crippen LogP contribution in [0.25, 0.3) is 6.08 Å². The van der Waals surface area contributed by atoms with E-state index in [1.807, 2.05) is 18.2 Å². The Hall–Kier alpha value is -2.81. The third-order valence-electron chi connectivity index (χ3n) is 3.32. The number of hydrogen-bond donors (Lipinski definition) is 1. The molecule has 0 fully saturated rings. The average Bonchev–Trinajstić information content (AvgIpc) is 2.65. The maximum absolute atomic E-state index is 12.4. The van der Waals surface area contributed by atoms with Gasteiger partial charge in [-0.2, -0.15) is 10.5 Å². The predicted octanol–water partition coefficient (Wildman–Crippen LogP) is 4.67. The molecular weight excluding hydrogens is 478 g/mol. The Kier molecular flexibility index (Phi) is 7.42. The number of ether oxygens (including phenoxy) is 2. The number of nitrogens with zero attached hydrogens (tertiary/aromatic N) is 2. The summed E-state index contributed by atoms with van der Waals surface area (Å²) in [4.78, 5) is 12.4. The summed E-state index contributed by atoms with van der Waals surface area (Å²) in [6.45, 7) is -0.128. The van der Waals surface area contributed by atoms with Crippen LogP contribution in [0.15, 0.2) is 50.9 Å². The van der Waals surface area contributed by atoms with E-state index in [0.717, 1.165) is 4.47 Å². The van der Waals surface area contributed by atoms with Gasteiger partial charge in [0.2, 0.25) is 0 Å². The van der Waals surface area contributed by atoms with Crippen molar-refractivity contribution in [1.29, 1.82) is 10.5 Å². The monoisotopic (exact) mass is 489 g/mol. The summed E-state index contributed by atoms with van der Waals surface area (Å²) in [6.07, 6.45) is 1.44. The minimum Gasteiger partial charge on any atom is -0.493 e. The number of rotatable bonds is 6. The van der Waals surface area contributed by atoms with Crippen LogP contribution in [-0.4, -0.2) is 19.6 Å². The van der Waals surface area contributed by atoms with Gasteiger partial charge in [-0.1, -0.05) is 37.9 Å². The van der Waals surface area contributed by atoms with E-state index in [2.05, 4.69) is 37.2 Å². The first-order chi connectivity index (χ1) is 13.0. The molecule has 2 aromatic carbocycles. The summed E-state index contributed by atoms with van der Waals surface area (Å²) in [5.41, 5.74) is 1.04. The van der Waals surface area contributed by atoms with Gasteiger partial charge in [-0.25, -0.2) is 0 Å². The highest BCUT2D eigenvalue weighted by molar-refractivity contribution is 9.10. The minimum absolute atomic E-state index is 0.0802. The molecule has 0 atom stereocenters. The molecule has 0 aromatic heterocycles. The van der Waals surface area contributed by atoms with Crippen LogP contribution in [0.2, 0.25) is 0 Å². The Balaban J connectivity index is 2.32. The molecule has 2 aromatic rings. The zero-order chi connectivity index (χ0) is 19.8. The number of carbonyl (C=O) groups excluding carboxylic acids is 1. The van der Waals surface area contributed by atoms with Crippen molar-refractivity contribution in [3.05, 3.63) is 56.5 Å². The van der Waals surface area contributed by atoms with E-state index in [1.165, 1.54) is 13.2 Å². The quantitative estimate of drug-likeness (QED) is 0.469. The van der Waals surface area contributed by atoms with E-state index in [1.54, 1.807) is 30.3 Å². The molecule has 0 saturated carbocycles. The molecule has 0 aliphatic heterocycles. The SMILES string of the molecule is COc1cc(/C=C(/C#N)C(=O)Nc2cccc(Br)c2)c(Br)cc1OCC#N. The van der Waals surface area contributed by atoms with Crippen LogP contribution in [0.3, 0.4) is 0 Å². The second-order valence-corrected chi connectivity index (χ2v) is 6.88. The summed E-state index contributed by atoms with van der Waals surface area (Å²) >= 11 is 6.70. The Bertz CT molecular complexity index is 975. The van der Waals surface area contributed by atoms with Crippen LogP contribution in [0.5, 0.6) is 11.5 Å². The van der Waals surface area contributed by atoms with Gasteiger partial charge < -0.3 is 14.8 Å². The van der Waals surface area contributed by atoms with Crippen LogP contribution >= 0.6 is 31.9 Å². The van der Waals surface area contributed by atoms with Gasteiger partial charge >= 0.3 is 0 Å². The van der Waals surface area contributed by atoms with Crippen LogP contribution in [0, 0.1) is 22.7 Å². The second-order valence-electron chi connectivity index (χ2n) is 5.11. The smallest absolute Gasteiger partial charge is 0.266 e. The van der Waals surface area contributed by atoms with Crippen molar-refractivity contribution in [3.8, 4) is 23.6 Å². The number of anilines is 1. The highest BCUT2D eigenvalue weighted by Gasteiger charge is 2.14. The summed E-state index contributed by atoms with van der Waals surface area (Å²) < 4.78 is 11.9. The predicted molar refractivity (Wildman–Crippen MR) is 108 cm³/mol. The zero-order valence-corrected chi connectivity index (χ0v) is 17.3. The number of hydrogen-bond acceptors (Lipinski definition) is 5. The number of benzene rings is 2. The van der Waals surface area contributed by atoms with E-state index < -0.39 is 5.91 Å². The fraction of sp³-hybridized carbons (Fsp3) is 0.105. The lowest BCUT2D eigenvalue weighted by atomic mass is 10.1. The maximum Gasteiger partial charge on any atom is 0.266 e. The second kappa shape index (κ2) is 9.77. The molecule has 1 N–H and O–H groups in total. The molecule has 0 saturated heterocycles. The van der Waals surface area contributed by atoms with Crippen molar-refractivity contribution in [2.75, 3.05) is 19.0 Å². The summed E-state index contributed by atoms with van der Waals surface area (Å²) in [5, 5.41) is 20.7. The molecule has 0 heterocycles. The van der Waals surface area contributed by atoms with Gasteiger partial charge in [0.05, 0.1) is 7.11 Å². The molecule has 0 unspecified atom stereocenters. The number of amides is 1. The van der Waals surface area contributed by atoms with Gasteiger partial charge in [-0.3, -0.25) is 4.79 Å². The molecule has 0 aliphatic rings. The first kappa shape index (κ1) is 20.5. The molecule has 136 valence electrons. The summed E-state index contributed by atoms with van der Waals surface area (Å²) in [7, 11) is 1.46. The van der Waals surface area contributed by atoms with Crippen LogP contribution < -0.4 is 14.8 Å². The largest absolute Gasteiger partial charge is 0.493 e. The standard InChI is InChI=1S/C19H13Br2N3O3/c1-26-17-8-12(16(21)10-18(17)27-6-5-22)7-13(11-23)19(25)24-15-4-2-3-14(20)9-15/h2-4,7-10H,6H2,1H3,(H,24,25)/b13-7-.